The molecule has 4 heteroatoms. The summed E-state index contributed by atoms with van der Waals surface area (Å²) >= 11 is 0. The monoisotopic (exact) mass is 229 g/mol. The zero-order valence-electron chi connectivity index (χ0n) is 10.7. The molecule has 0 radical (unpaired) electrons. The number of ether oxygens (including phenoxy) is 2. The molecular formula is C12H23NO3. The Hall–Kier alpha value is -0.450. The van der Waals surface area contributed by atoms with Gasteiger partial charge in [0.1, 0.15) is 5.78 Å². The number of methoxy groups -OCH3 is 2. The van der Waals surface area contributed by atoms with Gasteiger partial charge < -0.3 is 9.47 Å². The Bertz CT molecular complexity index is 220. The predicted molar refractivity (Wildman–Crippen MR) is 62.5 cm³/mol. The van der Waals surface area contributed by atoms with Gasteiger partial charge in [-0.05, 0) is 6.42 Å². The van der Waals surface area contributed by atoms with Crippen molar-refractivity contribution >= 4 is 5.78 Å². The van der Waals surface area contributed by atoms with Crippen LogP contribution < -0.4 is 0 Å². The van der Waals surface area contributed by atoms with E-state index in [0.29, 0.717) is 12.3 Å². The summed E-state index contributed by atoms with van der Waals surface area (Å²) in [7, 11) is 3.38. The summed E-state index contributed by atoms with van der Waals surface area (Å²) in [6.45, 7) is 6.13. The van der Waals surface area contributed by atoms with Crippen LogP contribution in [-0.2, 0) is 14.3 Å². The van der Waals surface area contributed by atoms with Gasteiger partial charge in [0.2, 0.25) is 0 Å². The molecule has 3 unspecified atom stereocenters. The summed E-state index contributed by atoms with van der Waals surface area (Å²) < 4.78 is 10.7. The third-order valence-corrected chi connectivity index (χ3v) is 3.44. The number of hydrogen-bond donors (Lipinski definition) is 0. The molecule has 4 nitrogen and oxygen atoms in total. The van der Waals surface area contributed by atoms with Crippen molar-refractivity contribution in [3.63, 3.8) is 0 Å². The van der Waals surface area contributed by atoms with Gasteiger partial charge in [0.25, 0.3) is 0 Å². The molecule has 0 aromatic rings. The van der Waals surface area contributed by atoms with Crippen molar-refractivity contribution in [3.8, 4) is 0 Å². The van der Waals surface area contributed by atoms with E-state index in [1.54, 1.807) is 14.2 Å². The van der Waals surface area contributed by atoms with E-state index in [1.165, 1.54) is 0 Å². The second-order valence-electron chi connectivity index (χ2n) is 4.52. The highest BCUT2D eigenvalue weighted by Gasteiger charge is 2.33. The van der Waals surface area contributed by atoms with Gasteiger partial charge in [-0.15, -0.1) is 0 Å². The minimum atomic E-state index is 0.0923. The number of hydrogen-bond acceptors (Lipinski definition) is 4. The van der Waals surface area contributed by atoms with Gasteiger partial charge in [-0.2, -0.15) is 0 Å². The molecule has 1 aliphatic heterocycles. The molecule has 16 heavy (non-hydrogen) atoms. The molecule has 0 N–H and O–H groups in total. The summed E-state index contributed by atoms with van der Waals surface area (Å²) in [5.41, 5.74) is 0. The number of ketones is 1. The van der Waals surface area contributed by atoms with Gasteiger partial charge >= 0.3 is 0 Å². The maximum absolute atomic E-state index is 11.8. The molecule has 0 saturated carbocycles. The summed E-state index contributed by atoms with van der Waals surface area (Å²) in [5, 5.41) is 0. The van der Waals surface area contributed by atoms with Gasteiger partial charge in [-0.25, -0.2) is 0 Å². The second kappa shape index (κ2) is 6.33. The molecule has 1 fully saturated rings. The van der Waals surface area contributed by atoms with E-state index in [9.17, 15) is 4.79 Å². The SMILES string of the molecule is CCC(C)C(=O)CN1CC(OC)C(OC)C1. The first kappa shape index (κ1) is 13.6. The second-order valence-corrected chi connectivity index (χ2v) is 4.52. The Morgan fingerprint density at radius 2 is 1.81 bits per heavy atom. The van der Waals surface area contributed by atoms with E-state index < -0.39 is 0 Å². The number of carbonyl (C=O) groups is 1. The average Bonchev–Trinajstić information content (AvgIpc) is 2.69. The number of rotatable bonds is 6. The summed E-state index contributed by atoms with van der Waals surface area (Å²) in [5.74, 6) is 0.469. The molecule has 0 aromatic heterocycles. The highest BCUT2D eigenvalue weighted by atomic mass is 16.5. The van der Waals surface area contributed by atoms with Crippen LogP contribution in [0.25, 0.3) is 0 Å². The van der Waals surface area contributed by atoms with Crippen LogP contribution in [0, 0.1) is 5.92 Å². The zero-order valence-corrected chi connectivity index (χ0v) is 10.7. The van der Waals surface area contributed by atoms with Gasteiger partial charge in [-0.3, -0.25) is 9.69 Å². The molecule has 94 valence electrons. The molecule has 1 heterocycles. The van der Waals surface area contributed by atoms with Gasteiger partial charge in [0, 0.05) is 33.2 Å². The van der Waals surface area contributed by atoms with E-state index in [0.717, 1.165) is 19.5 Å². The summed E-state index contributed by atoms with van der Waals surface area (Å²) in [6, 6.07) is 0. The molecule has 1 aliphatic rings. The first-order valence-electron chi connectivity index (χ1n) is 5.93. The number of likely N-dealkylation sites (tertiary alicyclic amines) is 1. The molecule has 0 aliphatic carbocycles. The van der Waals surface area contributed by atoms with E-state index in [4.69, 9.17) is 9.47 Å². The number of Topliss-reactive ketones (excluding diaryl/α,β-unsaturated/α-hetero) is 1. The Kier molecular flexibility index (Phi) is 5.38. The molecular weight excluding hydrogens is 206 g/mol. The quantitative estimate of drug-likeness (QED) is 0.679. The van der Waals surface area contributed by atoms with E-state index >= 15 is 0 Å². The van der Waals surface area contributed by atoms with Crippen LogP contribution in [-0.4, -0.2) is 56.7 Å². The minimum Gasteiger partial charge on any atom is -0.377 e. The van der Waals surface area contributed by atoms with Crippen molar-refractivity contribution in [2.24, 2.45) is 5.92 Å². The molecule has 0 bridgehead atoms. The Balaban J connectivity index is 2.43. The maximum atomic E-state index is 11.8. The standard InChI is InChI=1S/C12H23NO3/c1-5-9(2)10(14)6-13-7-11(15-3)12(8-13)16-4/h9,11-12H,5-8H2,1-4H3. The van der Waals surface area contributed by atoms with Gasteiger partial charge in [0.05, 0.1) is 18.8 Å². The topological polar surface area (TPSA) is 38.8 Å². The lowest BCUT2D eigenvalue weighted by Crippen LogP contribution is -2.31. The van der Waals surface area contributed by atoms with Crippen LogP contribution in [0.3, 0.4) is 0 Å². The Morgan fingerprint density at radius 1 is 1.31 bits per heavy atom. The first-order valence-corrected chi connectivity index (χ1v) is 5.93. The fraction of sp³-hybridized carbons (Fsp3) is 0.917. The van der Waals surface area contributed by atoms with Crippen LogP contribution in [0.15, 0.2) is 0 Å². The fourth-order valence-electron chi connectivity index (χ4n) is 2.00. The number of nitrogens with zero attached hydrogens (tertiary/aromatic N) is 1. The third kappa shape index (κ3) is 3.27. The van der Waals surface area contributed by atoms with Crippen LogP contribution >= 0.6 is 0 Å². The minimum absolute atomic E-state index is 0.0923. The summed E-state index contributed by atoms with van der Waals surface area (Å²) in [6.07, 6.45) is 1.10. The number of carbonyl (C=O) groups excluding carboxylic acids is 1. The Labute approximate surface area is 97.9 Å². The Morgan fingerprint density at radius 3 is 2.19 bits per heavy atom. The lowest BCUT2D eigenvalue weighted by Gasteiger charge is -2.16. The van der Waals surface area contributed by atoms with Crippen molar-refractivity contribution < 1.29 is 14.3 Å². The van der Waals surface area contributed by atoms with E-state index in [2.05, 4.69) is 4.90 Å². The van der Waals surface area contributed by atoms with E-state index in [1.807, 2.05) is 13.8 Å². The van der Waals surface area contributed by atoms with Crippen LogP contribution in [0.2, 0.25) is 0 Å². The smallest absolute Gasteiger partial charge is 0.149 e. The lowest BCUT2D eigenvalue weighted by molar-refractivity contribution is -0.123. The van der Waals surface area contributed by atoms with Crippen LogP contribution in [0.4, 0.5) is 0 Å². The highest BCUT2D eigenvalue weighted by Crippen LogP contribution is 2.16. The van der Waals surface area contributed by atoms with Gasteiger partial charge in [0.15, 0.2) is 0 Å². The van der Waals surface area contributed by atoms with Crippen molar-refractivity contribution in [1.82, 2.24) is 4.90 Å². The van der Waals surface area contributed by atoms with Crippen molar-refractivity contribution in [2.75, 3.05) is 33.9 Å². The average molecular weight is 229 g/mol. The highest BCUT2D eigenvalue weighted by molar-refractivity contribution is 5.82. The molecule has 1 rings (SSSR count). The van der Waals surface area contributed by atoms with Crippen molar-refractivity contribution in [3.05, 3.63) is 0 Å². The van der Waals surface area contributed by atoms with Crippen molar-refractivity contribution in [1.29, 1.82) is 0 Å². The fourth-order valence-corrected chi connectivity index (χ4v) is 2.00. The van der Waals surface area contributed by atoms with Gasteiger partial charge in [-0.1, -0.05) is 13.8 Å². The maximum Gasteiger partial charge on any atom is 0.149 e. The molecule has 0 aromatic carbocycles. The third-order valence-electron chi connectivity index (χ3n) is 3.44. The van der Waals surface area contributed by atoms with Crippen molar-refractivity contribution in [2.45, 2.75) is 32.5 Å². The predicted octanol–water partition coefficient (Wildman–Crippen LogP) is 0.947. The van der Waals surface area contributed by atoms with Crippen LogP contribution in [0.5, 0.6) is 0 Å². The lowest BCUT2D eigenvalue weighted by atomic mass is 10.0. The zero-order chi connectivity index (χ0) is 12.1. The first-order chi connectivity index (χ1) is 7.62. The molecule has 0 amide bonds. The molecule has 1 saturated heterocycles. The normalized spacial score (nSPS) is 28.2. The molecule has 0 spiro atoms. The summed E-state index contributed by atoms with van der Waals surface area (Å²) in [4.78, 5) is 13.9. The van der Waals surface area contributed by atoms with Crippen LogP contribution in [0.1, 0.15) is 20.3 Å². The molecule has 3 atom stereocenters. The largest absolute Gasteiger partial charge is 0.377 e. The van der Waals surface area contributed by atoms with E-state index in [-0.39, 0.29) is 18.1 Å².